The van der Waals surface area contributed by atoms with Gasteiger partial charge in [-0.1, -0.05) is 31.9 Å². The average Bonchev–Trinajstić information content (AvgIpc) is 2.80. The molecule has 0 bridgehead atoms. The minimum absolute atomic E-state index is 0.136. The Balaban J connectivity index is 2.12. The number of hydrogen-bond donors (Lipinski definition) is 3. The van der Waals surface area contributed by atoms with Crippen molar-refractivity contribution in [1.29, 1.82) is 0 Å². The molecule has 0 aromatic heterocycles. The molecule has 32 heavy (non-hydrogen) atoms. The van der Waals surface area contributed by atoms with Crippen molar-refractivity contribution >= 4 is 11.8 Å². The number of benzene rings is 2. The minimum atomic E-state index is -2.92. The quantitative estimate of drug-likeness (QED) is 0.366. The summed E-state index contributed by atoms with van der Waals surface area (Å²) < 4.78 is 31.8. The molecule has 0 saturated carbocycles. The Morgan fingerprint density at radius 3 is 2.25 bits per heavy atom. The van der Waals surface area contributed by atoms with E-state index >= 15 is 0 Å². The van der Waals surface area contributed by atoms with E-state index in [-0.39, 0.29) is 5.56 Å². The Labute approximate surface area is 184 Å². The summed E-state index contributed by atoms with van der Waals surface area (Å²) in [6.45, 7) is 2.23. The zero-order chi connectivity index (χ0) is 23.7. The first-order valence-corrected chi connectivity index (χ1v) is 9.48. The summed E-state index contributed by atoms with van der Waals surface area (Å²) in [5.74, 6) is 9.91. The van der Waals surface area contributed by atoms with Gasteiger partial charge in [0.25, 0.3) is 11.8 Å². The lowest BCUT2D eigenvalue weighted by Crippen LogP contribution is -2.56. The molecule has 0 aliphatic rings. The number of carbonyl (C=O) groups is 2. The largest absolute Gasteiger partial charge is 0.495 e. The first-order chi connectivity index (χ1) is 15.2. The van der Waals surface area contributed by atoms with E-state index in [0.717, 1.165) is 13.8 Å². The molecule has 2 aromatic carbocycles. The third-order valence-electron chi connectivity index (χ3n) is 4.67. The van der Waals surface area contributed by atoms with Crippen LogP contribution in [-0.2, 0) is 4.79 Å². The molecule has 8 heteroatoms. The van der Waals surface area contributed by atoms with Crippen LogP contribution in [0.4, 0.5) is 8.78 Å². The van der Waals surface area contributed by atoms with E-state index in [1.54, 1.807) is 31.4 Å². The minimum Gasteiger partial charge on any atom is -0.495 e. The topological polar surface area (TPSA) is 87.7 Å². The maximum Gasteiger partial charge on any atom is 0.266 e. The van der Waals surface area contributed by atoms with E-state index in [1.165, 1.54) is 17.6 Å². The predicted octanol–water partition coefficient (Wildman–Crippen LogP) is 2.99. The summed E-state index contributed by atoms with van der Waals surface area (Å²) in [6, 6.07) is 11.6. The van der Waals surface area contributed by atoms with Gasteiger partial charge in [0.05, 0.1) is 18.1 Å². The van der Waals surface area contributed by atoms with Gasteiger partial charge in [-0.25, -0.2) is 14.3 Å². The van der Waals surface area contributed by atoms with E-state index in [4.69, 9.17) is 9.94 Å². The fraction of sp³-hybridized carbons (Fsp3) is 0.250. The second-order valence-corrected chi connectivity index (χ2v) is 7.28. The van der Waals surface area contributed by atoms with Crippen LogP contribution in [0.2, 0.25) is 0 Å². The summed E-state index contributed by atoms with van der Waals surface area (Å²) in [5.41, 5.74) is 0.816. The fourth-order valence-electron chi connectivity index (χ4n) is 2.65. The highest BCUT2D eigenvalue weighted by Crippen LogP contribution is 2.29. The van der Waals surface area contributed by atoms with Crippen LogP contribution in [0.25, 0.3) is 0 Å². The molecule has 2 amide bonds. The van der Waals surface area contributed by atoms with Crippen LogP contribution in [-0.4, -0.2) is 36.6 Å². The number of rotatable bonds is 6. The van der Waals surface area contributed by atoms with Gasteiger partial charge in [-0.05, 0) is 54.2 Å². The first-order valence-electron chi connectivity index (χ1n) is 9.48. The van der Waals surface area contributed by atoms with Crippen molar-refractivity contribution in [3.05, 3.63) is 65.2 Å². The Morgan fingerprint density at radius 2 is 1.66 bits per heavy atom. The molecule has 0 fully saturated rings. The molecular weight excluding hydrogens is 418 g/mol. The Hall–Kier alpha value is -3.88. The normalized spacial score (nSPS) is 11.3. The molecule has 1 atom stereocenters. The standard InChI is InChI=1S/C24H22F2N2O4/c1-24(2,23(25)26)20(22(30)28-31)27-21(29)18-14-12-16(13-15-18)8-4-5-9-17-10-6-7-11-19(17)32-3/h6-7,10-15,20,23,31H,1-3H3,(H,27,29)(H,28,30)/t20-/m1/s1. The molecule has 6 nitrogen and oxygen atoms in total. The lowest BCUT2D eigenvalue weighted by molar-refractivity contribution is -0.137. The van der Waals surface area contributed by atoms with E-state index < -0.39 is 29.7 Å². The zero-order valence-corrected chi connectivity index (χ0v) is 17.7. The summed E-state index contributed by atoms with van der Waals surface area (Å²) in [5, 5.41) is 11.1. The number of methoxy groups -OCH3 is 1. The zero-order valence-electron chi connectivity index (χ0n) is 17.7. The van der Waals surface area contributed by atoms with Crippen LogP contribution in [0, 0.1) is 29.1 Å². The maximum atomic E-state index is 13.3. The van der Waals surface area contributed by atoms with Crippen LogP contribution in [0.15, 0.2) is 48.5 Å². The van der Waals surface area contributed by atoms with Crippen molar-refractivity contribution in [1.82, 2.24) is 10.8 Å². The van der Waals surface area contributed by atoms with Gasteiger partial charge in [0.1, 0.15) is 11.8 Å². The third-order valence-corrected chi connectivity index (χ3v) is 4.67. The van der Waals surface area contributed by atoms with Gasteiger partial charge in [0.2, 0.25) is 6.43 Å². The van der Waals surface area contributed by atoms with Crippen LogP contribution in [0.1, 0.15) is 35.3 Å². The Morgan fingerprint density at radius 1 is 1.03 bits per heavy atom. The molecule has 166 valence electrons. The van der Waals surface area contributed by atoms with E-state index in [9.17, 15) is 18.4 Å². The number of halogens is 2. The highest BCUT2D eigenvalue weighted by Gasteiger charge is 2.43. The van der Waals surface area contributed by atoms with Crippen LogP contribution >= 0.6 is 0 Å². The molecule has 2 aromatic rings. The number of carbonyl (C=O) groups excluding carboxylic acids is 2. The Bertz CT molecular complexity index is 1090. The van der Waals surface area contributed by atoms with Gasteiger partial charge in [0, 0.05) is 11.1 Å². The second-order valence-electron chi connectivity index (χ2n) is 7.28. The number of alkyl halides is 2. The van der Waals surface area contributed by atoms with Gasteiger partial charge in [-0.3, -0.25) is 14.8 Å². The van der Waals surface area contributed by atoms with Gasteiger partial charge in [-0.2, -0.15) is 0 Å². The molecule has 3 N–H and O–H groups in total. The fourth-order valence-corrected chi connectivity index (χ4v) is 2.65. The van der Waals surface area contributed by atoms with Crippen molar-refractivity contribution in [2.45, 2.75) is 26.3 Å². The molecule has 2 rings (SSSR count). The number of ether oxygens (including phenoxy) is 1. The lowest BCUT2D eigenvalue weighted by Gasteiger charge is -2.32. The van der Waals surface area contributed by atoms with Crippen molar-refractivity contribution in [2.24, 2.45) is 5.41 Å². The highest BCUT2D eigenvalue weighted by molar-refractivity contribution is 5.97. The van der Waals surface area contributed by atoms with Crippen molar-refractivity contribution in [2.75, 3.05) is 7.11 Å². The van der Waals surface area contributed by atoms with E-state index in [1.807, 2.05) is 12.1 Å². The number of para-hydroxylation sites is 1. The SMILES string of the molecule is COc1ccccc1C#CC#Cc1ccc(C(=O)N[C@H](C(=O)NO)C(C)(C)C(F)F)cc1. The average molecular weight is 440 g/mol. The molecule has 0 unspecified atom stereocenters. The Kier molecular flexibility index (Phi) is 8.34. The smallest absolute Gasteiger partial charge is 0.266 e. The summed E-state index contributed by atoms with van der Waals surface area (Å²) >= 11 is 0. The number of hydrogen-bond acceptors (Lipinski definition) is 4. The molecule has 0 heterocycles. The van der Waals surface area contributed by atoms with Gasteiger partial charge in [-0.15, -0.1) is 0 Å². The molecular formula is C24H22F2N2O4. The predicted molar refractivity (Wildman–Crippen MR) is 114 cm³/mol. The summed E-state index contributed by atoms with van der Waals surface area (Å²) in [4.78, 5) is 24.3. The summed E-state index contributed by atoms with van der Waals surface area (Å²) in [6.07, 6.45) is -2.92. The maximum absolute atomic E-state index is 13.3. The first kappa shape index (κ1) is 24.4. The lowest BCUT2D eigenvalue weighted by atomic mass is 9.84. The number of hydroxylamine groups is 1. The molecule has 0 saturated heterocycles. The van der Waals surface area contributed by atoms with Crippen molar-refractivity contribution < 1.29 is 28.3 Å². The third kappa shape index (κ3) is 6.07. The van der Waals surface area contributed by atoms with Crippen molar-refractivity contribution in [3.63, 3.8) is 0 Å². The van der Waals surface area contributed by atoms with E-state index in [0.29, 0.717) is 16.9 Å². The molecule has 0 radical (unpaired) electrons. The van der Waals surface area contributed by atoms with Gasteiger partial charge >= 0.3 is 0 Å². The highest BCUT2D eigenvalue weighted by atomic mass is 19.3. The molecule has 0 spiro atoms. The second kappa shape index (κ2) is 10.9. The monoisotopic (exact) mass is 440 g/mol. The molecule has 0 aliphatic heterocycles. The van der Waals surface area contributed by atoms with Gasteiger partial charge in [0.15, 0.2) is 0 Å². The van der Waals surface area contributed by atoms with Crippen LogP contribution < -0.4 is 15.5 Å². The van der Waals surface area contributed by atoms with Crippen LogP contribution in [0.3, 0.4) is 0 Å². The van der Waals surface area contributed by atoms with E-state index in [2.05, 4.69) is 29.0 Å². The molecule has 0 aliphatic carbocycles. The summed E-state index contributed by atoms with van der Waals surface area (Å²) in [7, 11) is 1.55. The number of nitrogens with one attached hydrogen (secondary N) is 2. The van der Waals surface area contributed by atoms with Gasteiger partial charge < -0.3 is 10.1 Å². The van der Waals surface area contributed by atoms with Crippen molar-refractivity contribution in [3.8, 4) is 29.4 Å². The number of amides is 2. The van der Waals surface area contributed by atoms with Crippen LogP contribution in [0.5, 0.6) is 5.75 Å².